The van der Waals surface area contributed by atoms with Crippen molar-refractivity contribution in [3.63, 3.8) is 0 Å². The molecule has 11 heteroatoms. The van der Waals surface area contributed by atoms with Gasteiger partial charge in [-0.2, -0.15) is 0 Å². The molecule has 6 rings (SSSR count). The van der Waals surface area contributed by atoms with Gasteiger partial charge >= 0.3 is 0 Å². The summed E-state index contributed by atoms with van der Waals surface area (Å²) in [6.45, 7) is 1.49. The van der Waals surface area contributed by atoms with E-state index < -0.39 is 17.1 Å². The van der Waals surface area contributed by atoms with Gasteiger partial charge in [-0.3, -0.25) is 4.98 Å². The molecular weight excluding hydrogens is 432 g/mol. The number of thioether (sulfide) groups is 1. The van der Waals surface area contributed by atoms with Crippen molar-refractivity contribution in [1.29, 1.82) is 0 Å². The van der Waals surface area contributed by atoms with Gasteiger partial charge in [0, 0.05) is 29.6 Å². The van der Waals surface area contributed by atoms with Crippen LogP contribution in [0.25, 0.3) is 33.1 Å². The Morgan fingerprint density at radius 3 is 2.93 bits per heavy atom. The minimum absolute atomic E-state index is 0.0496. The number of rotatable bonds is 2. The highest BCUT2D eigenvalue weighted by Crippen LogP contribution is 2.47. The molecule has 0 amide bonds. The van der Waals surface area contributed by atoms with Gasteiger partial charge in [0.1, 0.15) is 27.9 Å². The Morgan fingerprint density at radius 1 is 1.33 bits per heavy atom. The Labute approximate surface area is 179 Å². The number of nitrogens with zero attached hydrogens (tertiary/aromatic N) is 4. The molecule has 0 spiro atoms. The molecule has 0 bridgehead atoms. The second-order valence-corrected chi connectivity index (χ2v) is 8.73. The minimum atomic E-state index is -0.804. The number of nitrogens with one attached hydrogen (secondary N) is 2. The number of benzene rings is 2. The van der Waals surface area contributed by atoms with E-state index in [9.17, 15) is 4.39 Å². The Kier molecular flexibility index (Phi) is 3.71. The molecule has 30 heavy (non-hydrogen) atoms. The summed E-state index contributed by atoms with van der Waals surface area (Å²) in [6, 6.07) is 4.39. The van der Waals surface area contributed by atoms with Gasteiger partial charge in [0.15, 0.2) is 7.23 Å². The van der Waals surface area contributed by atoms with E-state index in [4.69, 9.17) is 18.7 Å². The first kappa shape index (κ1) is 17.2. The predicted octanol–water partition coefficient (Wildman–Crippen LogP) is 3.48. The van der Waals surface area contributed by atoms with Crippen molar-refractivity contribution in [1.82, 2.24) is 25.3 Å². The summed E-state index contributed by atoms with van der Waals surface area (Å²) in [6.07, 6.45) is 1.48. The van der Waals surface area contributed by atoms with E-state index in [-0.39, 0.29) is 38.3 Å². The van der Waals surface area contributed by atoms with Gasteiger partial charge in [-0.05, 0) is 18.2 Å². The van der Waals surface area contributed by atoms with Crippen molar-refractivity contribution in [2.75, 3.05) is 18.4 Å². The molecule has 1 fully saturated rings. The summed E-state index contributed by atoms with van der Waals surface area (Å²) in [7, 11) is 0. The van der Waals surface area contributed by atoms with Crippen LogP contribution in [0.15, 0.2) is 29.3 Å². The van der Waals surface area contributed by atoms with Crippen molar-refractivity contribution in [2.45, 2.75) is 16.4 Å². The standard InChI is InChI=1S/C19H14ClF2N7S/c20-10-3-9-15(25-6-12-17(9)29(28-27-12)7-4-24-5-7)14(22)13(10)8-1-2-11(21)18-16(8)26-19(23)30-18/h1-3,6-7,19,24,26H,4-5,23H2/i/hD. The minimum Gasteiger partial charge on any atom is -0.360 e. The molecule has 1 unspecified atom stereocenters. The maximum Gasteiger partial charge on any atom is 0.163 e. The third kappa shape index (κ3) is 2.48. The summed E-state index contributed by atoms with van der Waals surface area (Å²) in [5.74, 6) is -1.17. The number of halogens is 3. The van der Waals surface area contributed by atoms with Gasteiger partial charge in [0.2, 0.25) is 0 Å². The fraction of sp³-hybridized carbons (Fsp3) is 0.211. The zero-order chi connectivity index (χ0) is 21.4. The zero-order valence-corrected chi connectivity index (χ0v) is 16.8. The van der Waals surface area contributed by atoms with Gasteiger partial charge in [0.05, 0.1) is 27.8 Å². The molecule has 2 aliphatic heterocycles. The predicted molar refractivity (Wildman–Crippen MR) is 113 cm³/mol. The number of hydrogen-bond donors (Lipinski definition) is 3. The first-order chi connectivity index (χ1) is 15.0. The highest BCUT2D eigenvalue weighted by atomic mass is 35.5. The van der Waals surface area contributed by atoms with E-state index in [2.05, 4.69) is 20.6 Å². The van der Waals surface area contributed by atoms with Crippen LogP contribution in [0.1, 0.15) is 6.04 Å². The number of fused-ring (bicyclic) bond motifs is 4. The van der Waals surface area contributed by atoms with Crippen LogP contribution in [-0.4, -0.2) is 38.6 Å². The summed E-state index contributed by atoms with van der Waals surface area (Å²) >= 11 is 7.58. The van der Waals surface area contributed by atoms with Crippen molar-refractivity contribution in [2.24, 2.45) is 5.73 Å². The molecule has 152 valence electrons. The molecule has 1 atom stereocenters. The maximum absolute atomic E-state index is 15.9. The second kappa shape index (κ2) is 6.48. The van der Waals surface area contributed by atoms with Gasteiger partial charge in [-0.15, -0.1) is 5.10 Å². The highest BCUT2D eigenvalue weighted by Gasteiger charge is 2.29. The van der Waals surface area contributed by atoms with Crippen molar-refractivity contribution >= 4 is 51.0 Å². The third-order valence-electron chi connectivity index (χ3n) is 5.44. The van der Waals surface area contributed by atoms with Crippen molar-refractivity contribution < 1.29 is 10.2 Å². The lowest BCUT2D eigenvalue weighted by molar-refractivity contribution is 0.321. The summed E-state index contributed by atoms with van der Waals surface area (Å²) in [5.41, 5.74) is 6.93. The van der Waals surface area contributed by atoms with E-state index in [1.807, 2.05) is 0 Å². The normalized spacial score (nSPS) is 19.4. The number of anilines is 1. The van der Waals surface area contributed by atoms with Crippen molar-refractivity contribution in [3.8, 4) is 11.1 Å². The summed E-state index contributed by atoms with van der Waals surface area (Å²) < 4.78 is 40.2. The first-order valence-corrected chi connectivity index (χ1v) is 10.5. The molecule has 0 aliphatic carbocycles. The molecule has 2 aromatic carbocycles. The number of nitrogens with two attached hydrogens (primary N) is 1. The molecule has 2 aromatic heterocycles. The molecule has 1 saturated heterocycles. The third-order valence-corrected chi connectivity index (χ3v) is 6.71. The van der Waals surface area contributed by atoms with E-state index in [1.165, 1.54) is 18.3 Å². The average molecular weight is 447 g/mol. The Hall–Kier alpha value is -2.53. The largest absolute Gasteiger partial charge is 0.360 e. The summed E-state index contributed by atoms with van der Waals surface area (Å²) in [4.78, 5) is 4.46. The van der Waals surface area contributed by atoms with Crippen LogP contribution < -0.4 is 16.4 Å². The molecule has 2 aliphatic rings. The fourth-order valence-electron chi connectivity index (χ4n) is 3.91. The van der Waals surface area contributed by atoms with Gasteiger partial charge in [-0.25, -0.2) is 13.5 Å². The first-order valence-electron chi connectivity index (χ1n) is 9.66. The molecule has 4 aromatic rings. The Morgan fingerprint density at radius 2 is 2.17 bits per heavy atom. The topological polar surface area (TPSA) is 93.7 Å². The second-order valence-electron chi connectivity index (χ2n) is 7.19. The molecule has 4 N–H and O–H groups in total. The zero-order valence-electron chi connectivity index (χ0n) is 16.2. The van der Waals surface area contributed by atoms with Gasteiger partial charge < -0.3 is 16.4 Å². The van der Waals surface area contributed by atoms with E-state index in [0.29, 0.717) is 16.4 Å². The molecule has 7 nitrogen and oxygen atoms in total. The molecule has 4 heterocycles. The van der Waals surface area contributed by atoms with Crippen LogP contribution in [0.4, 0.5) is 14.5 Å². The van der Waals surface area contributed by atoms with E-state index in [0.717, 1.165) is 30.2 Å². The van der Waals surface area contributed by atoms with Crippen molar-refractivity contribution in [3.05, 3.63) is 41.1 Å². The lowest BCUT2D eigenvalue weighted by Gasteiger charge is -2.27. The average Bonchev–Trinajstić information content (AvgIpc) is 3.25. The number of hydrogen-bond acceptors (Lipinski definition) is 7. The molecule has 0 radical (unpaired) electrons. The lowest BCUT2D eigenvalue weighted by atomic mass is 9.99. The highest BCUT2D eigenvalue weighted by molar-refractivity contribution is 8.00. The van der Waals surface area contributed by atoms with Gasteiger partial charge in [-0.1, -0.05) is 28.6 Å². The quantitative estimate of drug-likeness (QED) is 0.434. The van der Waals surface area contributed by atoms with Crippen LogP contribution in [0, 0.1) is 11.6 Å². The van der Waals surface area contributed by atoms with Crippen LogP contribution >= 0.6 is 23.4 Å². The number of pyridine rings is 1. The maximum atomic E-state index is 15.9. The van der Waals surface area contributed by atoms with Gasteiger partial charge in [0.25, 0.3) is 0 Å². The van der Waals surface area contributed by atoms with E-state index >= 15 is 4.39 Å². The summed E-state index contributed by atoms with van der Waals surface area (Å²) in [5, 5.41) is 13.1. The van der Waals surface area contributed by atoms with Crippen LogP contribution in [-0.2, 0) is 0 Å². The molecule has 0 saturated carbocycles. The SMILES string of the molecule is [2H]N1c2c(-c3c(Cl)cc4c(ncc5nnn(C6CNC6)c54)c3F)ccc(F)c2SC1N. The Balaban J connectivity index is 1.64. The van der Waals surface area contributed by atoms with Crippen LogP contribution in [0.2, 0.25) is 6.43 Å². The Bertz CT molecular complexity index is 1390. The number of aromatic nitrogens is 4. The smallest absolute Gasteiger partial charge is 0.163 e. The monoisotopic (exact) mass is 446 g/mol. The van der Waals surface area contributed by atoms with E-state index in [1.54, 1.807) is 10.7 Å². The van der Waals surface area contributed by atoms with Crippen LogP contribution in [0.5, 0.6) is 0 Å². The molecular formula is C19H14ClF2N7S. The lowest BCUT2D eigenvalue weighted by Crippen LogP contribution is -2.43. The van der Waals surface area contributed by atoms with Crippen LogP contribution in [0.3, 0.4) is 0 Å². The fourth-order valence-corrected chi connectivity index (χ4v) is 5.06.